The number of nitrogens with one attached hydrogen (secondary N) is 1. The minimum absolute atomic E-state index is 1.04. The third-order valence-corrected chi connectivity index (χ3v) is 4.25. The number of hydrazone groups is 1. The lowest BCUT2D eigenvalue weighted by Gasteiger charge is -2.03. The first-order valence-corrected chi connectivity index (χ1v) is 8.27. The van der Waals surface area contributed by atoms with Gasteiger partial charge in [0.1, 0.15) is 0 Å². The van der Waals surface area contributed by atoms with Crippen molar-refractivity contribution in [3.8, 4) is 0 Å². The summed E-state index contributed by atoms with van der Waals surface area (Å²) in [4.78, 5) is 4.50. The van der Waals surface area contributed by atoms with E-state index in [9.17, 15) is 0 Å². The van der Waals surface area contributed by atoms with Gasteiger partial charge in [-0.2, -0.15) is 5.10 Å². The number of unbranched alkanes of at least 4 members (excludes halogenated alkanes) is 1. The van der Waals surface area contributed by atoms with Crippen molar-refractivity contribution in [3.05, 3.63) is 28.9 Å². The summed E-state index contributed by atoms with van der Waals surface area (Å²) < 4.78 is 0. The highest BCUT2D eigenvalue weighted by atomic mass is 32.2. The van der Waals surface area contributed by atoms with E-state index in [0.717, 1.165) is 27.1 Å². The molecule has 1 aliphatic rings. The van der Waals surface area contributed by atoms with Crippen molar-refractivity contribution in [2.75, 3.05) is 5.75 Å². The van der Waals surface area contributed by atoms with Crippen LogP contribution in [0.25, 0.3) is 11.3 Å². The highest BCUT2D eigenvalue weighted by Crippen LogP contribution is 2.26. The van der Waals surface area contributed by atoms with Gasteiger partial charge in [-0.3, -0.25) is 10.4 Å². The Kier molecular flexibility index (Phi) is 5.65. The van der Waals surface area contributed by atoms with Crippen LogP contribution >= 0.6 is 11.8 Å². The van der Waals surface area contributed by atoms with Crippen molar-refractivity contribution in [2.45, 2.75) is 46.5 Å². The van der Waals surface area contributed by atoms with Crippen LogP contribution in [-0.2, 0) is 0 Å². The van der Waals surface area contributed by atoms with Crippen LogP contribution in [0.4, 0.5) is 0 Å². The van der Waals surface area contributed by atoms with E-state index in [-0.39, 0.29) is 0 Å². The molecule has 4 heteroatoms. The van der Waals surface area contributed by atoms with Gasteiger partial charge in [-0.15, -0.1) is 11.8 Å². The molecule has 2 rings (SSSR count). The molecule has 0 spiro atoms. The molecule has 0 amide bonds. The second-order valence-electron chi connectivity index (χ2n) is 5.11. The van der Waals surface area contributed by atoms with Crippen molar-refractivity contribution in [3.63, 3.8) is 0 Å². The molecule has 1 fully saturated rings. The fourth-order valence-electron chi connectivity index (χ4n) is 1.77. The lowest BCUT2D eigenvalue weighted by atomic mass is 10.3. The molecule has 0 unspecified atom stereocenters. The zero-order valence-electron chi connectivity index (χ0n) is 12.6. The minimum atomic E-state index is 1.04. The van der Waals surface area contributed by atoms with E-state index >= 15 is 0 Å². The maximum absolute atomic E-state index is 4.50. The summed E-state index contributed by atoms with van der Waals surface area (Å²) in [5.74, 6) is 1.14. The molecule has 108 valence electrons. The Bertz CT molecular complexity index is 575. The largest absolute Gasteiger partial charge is 0.281 e. The van der Waals surface area contributed by atoms with Crippen LogP contribution in [0.1, 0.15) is 46.5 Å². The van der Waals surface area contributed by atoms with Gasteiger partial charge >= 0.3 is 0 Å². The Balaban J connectivity index is 1.99. The summed E-state index contributed by atoms with van der Waals surface area (Å²) in [7, 11) is 0. The fraction of sp³-hybridized carbons (Fsp3) is 0.500. The molecule has 0 aromatic carbocycles. The monoisotopic (exact) mass is 289 g/mol. The predicted octanol–water partition coefficient (Wildman–Crippen LogP) is 2.61. The van der Waals surface area contributed by atoms with Gasteiger partial charge in [-0.05, 0) is 56.6 Å². The molecule has 0 atom stereocenters. The third kappa shape index (κ3) is 4.67. The zero-order valence-corrected chi connectivity index (χ0v) is 13.4. The van der Waals surface area contributed by atoms with Gasteiger partial charge in [0.25, 0.3) is 0 Å². The van der Waals surface area contributed by atoms with E-state index in [1.807, 2.05) is 31.8 Å². The molecule has 3 nitrogen and oxygen atoms in total. The van der Waals surface area contributed by atoms with Gasteiger partial charge in [0.05, 0.1) is 10.4 Å². The first-order valence-electron chi connectivity index (χ1n) is 7.29. The number of pyridine rings is 1. The molecule has 1 heterocycles. The van der Waals surface area contributed by atoms with Gasteiger partial charge in [-0.25, -0.2) is 0 Å². The Labute approximate surface area is 125 Å². The Morgan fingerprint density at radius 3 is 2.75 bits per heavy atom. The second-order valence-corrected chi connectivity index (χ2v) is 6.39. The van der Waals surface area contributed by atoms with Gasteiger partial charge in [0.15, 0.2) is 0 Å². The zero-order chi connectivity index (χ0) is 14.4. The Morgan fingerprint density at radius 1 is 1.35 bits per heavy atom. The average Bonchev–Trinajstić information content (AvgIpc) is 3.30. The van der Waals surface area contributed by atoms with Crippen molar-refractivity contribution in [1.82, 2.24) is 10.4 Å². The molecular weight excluding hydrogens is 266 g/mol. The Hall–Kier alpha value is -1.29. The molecule has 20 heavy (non-hydrogen) atoms. The maximum Gasteiger partial charge on any atom is 0.0904 e. The van der Waals surface area contributed by atoms with Gasteiger partial charge < -0.3 is 0 Å². The number of thioether (sulfide) groups is 1. The molecule has 0 radical (unpaired) electrons. The molecule has 1 aromatic heterocycles. The molecule has 1 aliphatic carbocycles. The van der Waals surface area contributed by atoms with E-state index in [2.05, 4.69) is 34.6 Å². The van der Waals surface area contributed by atoms with Crippen LogP contribution in [0.15, 0.2) is 23.4 Å². The molecule has 0 bridgehead atoms. The van der Waals surface area contributed by atoms with Crippen LogP contribution in [0.5, 0.6) is 0 Å². The first-order chi connectivity index (χ1) is 9.70. The quantitative estimate of drug-likeness (QED) is 0.392. The van der Waals surface area contributed by atoms with Crippen LogP contribution in [0, 0.1) is 0 Å². The van der Waals surface area contributed by atoms with Gasteiger partial charge in [-0.1, -0.05) is 13.3 Å². The van der Waals surface area contributed by atoms with Crippen molar-refractivity contribution in [1.29, 1.82) is 0 Å². The summed E-state index contributed by atoms with van der Waals surface area (Å²) in [5.41, 5.74) is 5.64. The summed E-state index contributed by atoms with van der Waals surface area (Å²) in [6.45, 7) is 6.29. The van der Waals surface area contributed by atoms with Crippen LogP contribution in [-0.4, -0.2) is 15.8 Å². The molecular formula is C16H23N3S. The standard InChI is InChI=1S/C16H23N3S/c1-4-5-10-20-13(3)19-18-12(2)15-8-9-16(17-11-15)14-6-7-14/h8-9,11,18H,4-7,10H2,1-3H3/b15-12?,19-13+. The van der Waals surface area contributed by atoms with Crippen LogP contribution < -0.4 is 16.0 Å². The van der Waals surface area contributed by atoms with Gasteiger partial charge in [0, 0.05) is 17.1 Å². The number of aromatic nitrogens is 1. The normalized spacial score (nSPS) is 16.1. The summed E-state index contributed by atoms with van der Waals surface area (Å²) >= 11 is 1.81. The number of hydrogen-bond acceptors (Lipinski definition) is 4. The number of hydrogen-bond donors (Lipinski definition) is 1. The topological polar surface area (TPSA) is 37.3 Å². The van der Waals surface area contributed by atoms with Gasteiger partial charge in [0.2, 0.25) is 0 Å². The molecule has 1 N–H and O–H groups in total. The minimum Gasteiger partial charge on any atom is -0.281 e. The van der Waals surface area contributed by atoms with E-state index in [0.29, 0.717) is 0 Å². The van der Waals surface area contributed by atoms with Crippen molar-refractivity contribution < 1.29 is 0 Å². The third-order valence-electron chi connectivity index (χ3n) is 3.25. The maximum atomic E-state index is 4.50. The smallest absolute Gasteiger partial charge is 0.0904 e. The molecule has 0 aliphatic heterocycles. The number of rotatable bonds is 5. The predicted molar refractivity (Wildman–Crippen MR) is 88.8 cm³/mol. The van der Waals surface area contributed by atoms with E-state index < -0.39 is 0 Å². The summed E-state index contributed by atoms with van der Waals surface area (Å²) in [6, 6.07) is 4.22. The van der Waals surface area contributed by atoms with Crippen molar-refractivity contribution >= 4 is 28.1 Å². The van der Waals surface area contributed by atoms with E-state index in [1.165, 1.54) is 31.3 Å². The second kappa shape index (κ2) is 7.48. The molecule has 1 aromatic rings. The fourth-order valence-corrected chi connectivity index (χ4v) is 2.61. The van der Waals surface area contributed by atoms with Crippen molar-refractivity contribution in [2.24, 2.45) is 5.10 Å². The SMILES string of the molecule is CCCCS/C(C)=N/NC(C)=c1ccc(=C2CC2)nc1. The van der Waals surface area contributed by atoms with Crippen LogP contribution in [0.2, 0.25) is 0 Å². The summed E-state index contributed by atoms with van der Waals surface area (Å²) in [5, 5.41) is 7.73. The number of nitrogens with zero attached hydrogens (tertiary/aromatic N) is 2. The molecule has 1 saturated carbocycles. The highest BCUT2D eigenvalue weighted by Gasteiger charge is 2.11. The summed E-state index contributed by atoms with van der Waals surface area (Å²) in [6.07, 6.45) is 6.83. The Morgan fingerprint density at radius 2 is 2.15 bits per heavy atom. The lowest BCUT2D eigenvalue weighted by molar-refractivity contribution is 0.897. The highest BCUT2D eigenvalue weighted by molar-refractivity contribution is 8.13. The molecule has 0 saturated heterocycles. The van der Waals surface area contributed by atoms with Crippen LogP contribution in [0.3, 0.4) is 0 Å². The van der Waals surface area contributed by atoms with E-state index in [1.54, 1.807) is 0 Å². The average molecular weight is 289 g/mol. The first kappa shape index (κ1) is 15.1. The lowest BCUT2D eigenvalue weighted by Crippen LogP contribution is -2.19. The van der Waals surface area contributed by atoms with E-state index in [4.69, 9.17) is 0 Å².